The van der Waals surface area contributed by atoms with Gasteiger partial charge in [0, 0.05) is 0 Å². The molecule has 0 atom stereocenters. The summed E-state index contributed by atoms with van der Waals surface area (Å²) in [5.74, 6) is 0.0195. The van der Waals surface area contributed by atoms with E-state index in [0.717, 1.165) is 0 Å². The second-order valence-corrected chi connectivity index (χ2v) is 8.50. The third-order valence-electron chi connectivity index (χ3n) is 4.79. The summed E-state index contributed by atoms with van der Waals surface area (Å²) < 4.78 is 35.7. The Morgan fingerprint density at radius 2 is 1.56 bits per heavy atom. The van der Waals surface area contributed by atoms with Crippen molar-refractivity contribution in [3.63, 3.8) is 0 Å². The van der Waals surface area contributed by atoms with E-state index < -0.39 is 10.1 Å². The topological polar surface area (TPSA) is 85.3 Å². The van der Waals surface area contributed by atoms with E-state index in [1.54, 1.807) is 55.5 Å². The summed E-state index contributed by atoms with van der Waals surface area (Å²) in [6.45, 7) is 1.76. The lowest BCUT2D eigenvalue weighted by Gasteiger charge is -2.12. The van der Waals surface area contributed by atoms with Gasteiger partial charge in [0.25, 0.3) is 5.91 Å². The summed E-state index contributed by atoms with van der Waals surface area (Å²) in [6, 6.07) is 21.7. The molecule has 0 bridgehead atoms. The van der Waals surface area contributed by atoms with Crippen LogP contribution in [0.3, 0.4) is 0 Å². The molecular formula is C24H20N2O5S. The van der Waals surface area contributed by atoms with Crippen LogP contribution in [0.2, 0.25) is 0 Å². The number of carbonyl (C=O) groups excluding carboxylic acids is 1. The molecule has 32 heavy (non-hydrogen) atoms. The van der Waals surface area contributed by atoms with Gasteiger partial charge in [-0.05, 0) is 55.0 Å². The van der Waals surface area contributed by atoms with Crippen molar-refractivity contribution in [2.24, 2.45) is 5.10 Å². The van der Waals surface area contributed by atoms with Crippen molar-refractivity contribution in [1.29, 1.82) is 0 Å². The van der Waals surface area contributed by atoms with Gasteiger partial charge < -0.3 is 8.92 Å². The number of carbonyl (C=O) groups is 1. The van der Waals surface area contributed by atoms with Crippen LogP contribution in [-0.4, -0.2) is 27.1 Å². The fourth-order valence-corrected chi connectivity index (χ4v) is 4.15. The second-order valence-electron chi connectivity index (χ2n) is 6.96. The zero-order valence-corrected chi connectivity index (χ0v) is 18.2. The lowest BCUT2D eigenvalue weighted by atomic mass is 10.1. The quantitative estimate of drug-likeness (QED) is 0.415. The van der Waals surface area contributed by atoms with Gasteiger partial charge in [0.05, 0.1) is 24.1 Å². The Hall–Kier alpha value is -3.91. The van der Waals surface area contributed by atoms with E-state index in [4.69, 9.17) is 8.92 Å². The standard InChI is InChI=1S/C24H20N2O5S/c1-17-21(24(27)26(25-17)19-9-5-3-6-10-19)15-18-13-14-22(23(16-18)30-2)31-32(28,29)20-11-7-4-8-12-20/h3-16H,1-2H3/b21-15+. The number of methoxy groups -OCH3 is 1. The van der Waals surface area contributed by atoms with Crippen LogP contribution in [0.5, 0.6) is 11.5 Å². The van der Waals surface area contributed by atoms with Gasteiger partial charge in [-0.25, -0.2) is 0 Å². The minimum Gasteiger partial charge on any atom is -0.493 e. The van der Waals surface area contributed by atoms with Gasteiger partial charge in [-0.1, -0.05) is 42.5 Å². The second kappa shape index (κ2) is 8.68. The van der Waals surface area contributed by atoms with E-state index in [0.29, 0.717) is 22.5 Å². The number of rotatable bonds is 6. The van der Waals surface area contributed by atoms with Crippen molar-refractivity contribution in [3.05, 3.63) is 90.0 Å². The summed E-state index contributed by atoms with van der Waals surface area (Å²) in [4.78, 5) is 12.9. The number of nitrogens with zero attached hydrogens (tertiary/aromatic N) is 2. The predicted molar refractivity (Wildman–Crippen MR) is 122 cm³/mol. The summed E-state index contributed by atoms with van der Waals surface area (Å²) in [5, 5.41) is 5.71. The van der Waals surface area contributed by atoms with E-state index in [1.165, 1.54) is 30.3 Å². The molecule has 3 aromatic rings. The minimum atomic E-state index is -4.01. The number of amides is 1. The molecule has 0 saturated heterocycles. The average Bonchev–Trinajstić information content (AvgIpc) is 3.09. The highest BCUT2D eigenvalue weighted by Crippen LogP contribution is 2.32. The van der Waals surface area contributed by atoms with Crippen LogP contribution < -0.4 is 13.9 Å². The van der Waals surface area contributed by atoms with Gasteiger partial charge in [0.1, 0.15) is 4.90 Å². The number of hydrazone groups is 1. The Balaban J connectivity index is 1.62. The molecule has 1 aliphatic rings. The molecule has 1 heterocycles. The largest absolute Gasteiger partial charge is 0.493 e. The molecule has 3 aromatic carbocycles. The van der Waals surface area contributed by atoms with Gasteiger partial charge in [0.2, 0.25) is 0 Å². The lowest BCUT2D eigenvalue weighted by Crippen LogP contribution is -2.21. The SMILES string of the molecule is COc1cc(/C=C2/C(=O)N(c3ccccc3)N=C2C)ccc1OS(=O)(=O)c1ccccc1. The smallest absolute Gasteiger partial charge is 0.339 e. The number of para-hydroxylation sites is 1. The Morgan fingerprint density at radius 3 is 2.22 bits per heavy atom. The number of ether oxygens (including phenoxy) is 1. The summed E-state index contributed by atoms with van der Waals surface area (Å²) in [7, 11) is -2.60. The summed E-state index contributed by atoms with van der Waals surface area (Å²) in [6.07, 6.45) is 1.68. The molecule has 7 nitrogen and oxygen atoms in total. The minimum absolute atomic E-state index is 0.0395. The molecule has 0 spiro atoms. The van der Waals surface area contributed by atoms with Gasteiger partial charge in [0.15, 0.2) is 11.5 Å². The molecule has 0 radical (unpaired) electrons. The van der Waals surface area contributed by atoms with Crippen LogP contribution in [0.4, 0.5) is 5.69 Å². The average molecular weight is 449 g/mol. The first-order valence-corrected chi connectivity index (χ1v) is 11.1. The number of hydrogen-bond donors (Lipinski definition) is 0. The molecule has 0 unspecified atom stereocenters. The van der Waals surface area contributed by atoms with Crippen LogP contribution in [0.1, 0.15) is 12.5 Å². The van der Waals surface area contributed by atoms with Crippen LogP contribution >= 0.6 is 0 Å². The Kier molecular flexibility index (Phi) is 5.79. The molecule has 0 aromatic heterocycles. The monoisotopic (exact) mass is 448 g/mol. The lowest BCUT2D eigenvalue weighted by molar-refractivity contribution is -0.114. The van der Waals surface area contributed by atoms with Crippen molar-refractivity contribution in [1.82, 2.24) is 0 Å². The Morgan fingerprint density at radius 1 is 0.906 bits per heavy atom. The molecular weight excluding hydrogens is 428 g/mol. The maximum Gasteiger partial charge on any atom is 0.339 e. The molecule has 0 fully saturated rings. The van der Waals surface area contributed by atoms with Crippen molar-refractivity contribution >= 4 is 33.5 Å². The van der Waals surface area contributed by atoms with Crippen LogP contribution in [0.25, 0.3) is 6.08 Å². The van der Waals surface area contributed by atoms with E-state index in [1.807, 2.05) is 18.2 Å². The molecule has 4 rings (SSSR count). The molecule has 162 valence electrons. The van der Waals surface area contributed by atoms with E-state index in [-0.39, 0.29) is 22.3 Å². The number of benzene rings is 3. The molecule has 1 aliphatic heterocycles. The molecule has 0 aliphatic carbocycles. The van der Waals surface area contributed by atoms with Gasteiger partial charge in [-0.2, -0.15) is 18.5 Å². The van der Waals surface area contributed by atoms with Gasteiger partial charge >= 0.3 is 10.1 Å². The molecule has 0 saturated carbocycles. The maximum atomic E-state index is 12.9. The molecule has 1 amide bonds. The summed E-state index contributed by atoms with van der Waals surface area (Å²) >= 11 is 0. The fraction of sp³-hybridized carbons (Fsp3) is 0.0833. The first-order chi connectivity index (χ1) is 15.4. The first kappa shape index (κ1) is 21.3. The van der Waals surface area contributed by atoms with E-state index in [2.05, 4.69) is 5.10 Å². The molecule has 8 heteroatoms. The zero-order chi connectivity index (χ0) is 22.7. The number of anilines is 1. The van der Waals surface area contributed by atoms with Crippen LogP contribution in [0.15, 0.2) is 94.4 Å². The van der Waals surface area contributed by atoms with Crippen molar-refractivity contribution in [2.75, 3.05) is 12.1 Å². The van der Waals surface area contributed by atoms with Crippen molar-refractivity contribution in [3.8, 4) is 11.5 Å². The first-order valence-electron chi connectivity index (χ1n) is 9.73. The highest BCUT2D eigenvalue weighted by atomic mass is 32.2. The van der Waals surface area contributed by atoms with Crippen LogP contribution in [0, 0.1) is 0 Å². The maximum absolute atomic E-state index is 12.9. The van der Waals surface area contributed by atoms with E-state index in [9.17, 15) is 13.2 Å². The fourth-order valence-electron chi connectivity index (χ4n) is 3.19. The van der Waals surface area contributed by atoms with Gasteiger partial charge in [-0.15, -0.1) is 0 Å². The third-order valence-corrected chi connectivity index (χ3v) is 6.04. The third kappa shape index (κ3) is 4.26. The van der Waals surface area contributed by atoms with Crippen LogP contribution in [-0.2, 0) is 14.9 Å². The normalized spacial score (nSPS) is 15.1. The number of hydrogen-bond acceptors (Lipinski definition) is 6. The predicted octanol–water partition coefficient (Wildman–Crippen LogP) is 4.27. The highest BCUT2D eigenvalue weighted by molar-refractivity contribution is 7.87. The highest BCUT2D eigenvalue weighted by Gasteiger charge is 2.28. The summed E-state index contributed by atoms with van der Waals surface area (Å²) in [5.41, 5.74) is 2.32. The Bertz CT molecular complexity index is 1320. The van der Waals surface area contributed by atoms with Gasteiger partial charge in [-0.3, -0.25) is 4.79 Å². The van der Waals surface area contributed by atoms with Crippen molar-refractivity contribution in [2.45, 2.75) is 11.8 Å². The Labute approximate surface area is 186 Å². The zero-order valence-electron chi connectivity index (χ0n) is 17.4. The van der Waals surface area contributed by atoms with Crippen molar-refractivity contribution < 1.29 is 22.1 Å². The molecule has 0 N–H and O–H groups in total. The van der Waals surface area contributed by atoms with E-state index >= 15 is 0 Å².